The molecule has 5 nitrogen and oxygen atoms in total. The van der Waals surface area contributed by atoms with Crippen LogP contribution >= 0.6 is 0 Å². The van der Waals surface area contributed by atoms with Gasteiger partial charge in [-0.1, -0.05) is 43.2 Å². The van der Waals surface area contributed by atoms with Gasteiger partial charge in [-0.05, 0) is 18.9 Å². The van der Waals surface area contributed by atoms with Gasteiger partial charge in [0, 0.05) is 37.8 Å². The Kier molecular flexibility index (Phi) is 5.64. The van der Waals surface area contributed by atoms with Crippen molar-refractivity contribution in [2.45, 2.75) is 44.6 Å². The Morgan fingerprint density at radius 3 is 2.64 bits per heavy atom. The Labute approximate surface area is 148 Å². The minimum absolute atomic E-state index is 0.00795. The SMILES string of the molecule is Cn1ccc(CC(=O)N2CCCCCC2CC(=O)c2ccccc2)n1. The van der Waals surface area contributed by atoms with Crippen molar-refractivity contribution < 1.29 is 9.59 Å². The molecule has 2 heterocycles. The maximum atomic E-state index is 12.8. The molecule has 0 N–H and O–H groups in total. The van der Waals surface area contributed by atoms with E-state index in [0.717, 1.165) is 43.5 Å². The lowest BCUT2D eigenvalue weighted by atomic mass is 9.99. The van der Waals surface area contributed by atoms with Gasteiger partial charge in [0.15, 0.2) is 5.78 Å². The summed E-state index contributed by atoms with van der Waals surface area (Å²) < 4.78 is 1.71. The number of hydrogen-bond acceptors (Lipinski definition) is 3. The third-order valence-corrected chi connectivity index (χ3v) is 4.82. The normalized spacial score (nSPS) is 18.0. The highest BCUT2D eigenvalue weighted by Gasteiger charge is 2.28. The Morgan fingerprint density at radius 1 is 1.12 bits per heavy atom. The molecule has 1 atom stereocenters. The molecule has 132 valence electrons. The van der Waals surface area contributed by atoms with E-state index in [1.807, 2.05) is 54.5 Å². The van der Waals surface area contributed by atoms with Crippen molar-refractivity contribution in [3.63, 3.8) is 0 Å². The maximum Gasteiger partial charge on any atom is 0.228 e. The van der Waals surface area contributed by atoms with Crippen molar-refractivity contribution in [2.75, 3.05) is 6.54 Å². The fourth-order valence-corrected chi connectivity index (χ4v) is 3.49. The van der Waals surface area contributed by atoms with Crippen molar-refractivity contribution >= 4 is 11.7 Å². The summed E-state index contributed by atoms with van der Waals surface area (Å²) in [5.74, 6) is 0.189. The van der Waals surface area contributed by atoms with E-state index in [0.29, 0.717) is 12.8 Å². The zero-order chi connectivity index (χ0) is 17.6. The van der Waals surface area contributed by atoms with E-state index in [2.05, 4.69) is 5.10 Å². The van der Waals surface area contributed by atoms with Gasteiger partial charge in [-0.25, -0.2) is 0 Å². The minimum Gasteiger partial charge on any atom is -0.339 e. The number of rotatable bonds is 5. The van der Waals surface area contributed by atoms with Crippen LogP contribution in [0.5, 0.6) is 0 Å². The lowest BCUT2D eigenvalue weighted by Crippen LogP contribution is -2.42. The molecule has 0 bridgehead atoms. The van der Waals surface area contributed by atoms with E-state index >= 15 is 0 Å². The van der Waals surface area contributed by atoms with Crippen molar-refractivity contribution in [1.82, 2.24) is 14.7 Å². The second-order valence-corrected chi connectivity index (χ2v) is 6.74. The molecule has 1 amide bonds. The van der Waals surface area contributed by atoms with Gasteiger partial charge < -0.3 is 4.90 Å². The number of aryl methyl sites for hydroxylation is 1. The number of nitrogens with zero attached hydrogens (tertiary/aromatic N) is 3. The van der Waals surface area contributed by atoms with Crippen LogP contribution in [0.3, 0.4) is 0 Å². The molecule has 2 aromatic rings. The molecular weight excluding hydrogens is 314 g/mol. The summed E-state index contributed by atoms with van der Waals surface area (Å²) in [6.45, 7) is 0.735. The summed E-state index contributed by atoms with van der Waals surface area (Å²) in [5.41, 5.74) is 1.51. The summed E-state index contributed by atoms with van der Waals surface area (Å²) in [5, 5.41) is 4.30. The van der Waals surface area contributed by atoms with Crippen LogP contribution in [-0.4, -0.2) is 39.0 Å². The Balaban J connectivity index is 1.70. The molecule has 5 heteroatoms. The van der Waals surface area contributed by atoms with Crippen LogP contribution < -0.4 is 0 Å². The second kappa shape index (κ2) is 8.10. The van der Waals surface area contributed by atoms with Gasteiger partial charge in [0.05, 0.1) is 12.1 Å². The van der Waals surface area contributed by atoms with Crippen molar-refractivity contribution in [3.8, 4) is 0 Å². The lowest BCUT2D eigenvalue weighted by molar-refractivity contribution is -0.132. The summed E-state index contributed by atoms with van der Waals surface area (Å²) in [6.07, 6.45) is 6.64. The Bertz CT molecular complexity index is 724. The summed E-state index contributed by atoms with van der Waals surface area (Å²) >= 11 is 0. The topological polar surface area (TPSA) is 55.2 Å². The largest absolute Gasteiger partial charge is 0.339 e. The summed E-state index contributed by atoms with van der Waals surface area (Å²) in [6, 6.07) is 11.2. The average molecular weight is 339 g/mol. The number of aromatic nitrogens is 2. The van der Waals surface area contributed by atoms with Crippen LogP contribution in [0.1, 0.15) is 48.2 Å². The number of benzene rings is 1. The quantitative estimate of drug-likeness (QED) is 0.787. The van der Waals surface area contributed by atoms with Crippen LogP contribution in [0.15, 0.2) is 42.6 Å². The molecule has 0 saturated carbocycles. The van der Waals surface area contributed by atoms with E-state index in [-0.39, 0.29) is 17.7 Å². The highest BCUT2D eigenvalue weighted by molar-refractivity contribution is 5.96. The molecule has 1 aliphatic heterocycles. The molecule has 1 unspecified atom stereocenters. The number of amides is 1. The monoisotopic (exact) mass is 339 g/mol. The second-order valence-electron chi connectivity index (χ2n) is 6.74. The van der Waals surface area contributed by atoms with Gasteiger partial charge in [-0.3, -0.25) is 14.3 Å². The first-order chi connectivity index (χ1) is 12.1. The number of Topliss-reactive ketones (excluding diaryl/α,β-unsaturated/α-hetero) is 1. The predicted molar refractivity (Wildman–Crippen MR) is 96.3 cm³/mol. The number of ketones is 1. The number of carbonyl (C=O) groups excluding carboxylic acids is 2. The lowest BCUT2D eigenvalue weighted by Gasteiger charge is -2.29. The van der Waals surface area contributed by atoms with Gasteiger partial charge in [-0.2, -0.15) is 5.10 Å². The molecule has 1 saturated heterocycles. The number of likely N-dealkylation sites (tertiary alicyclic amines) is 1. The maximum absolute atomic E-state index is 12.8. The fourth-order valence-electron chi connectivity index (χ4n) is 3.49. The van der Waals surface area contributed by atoms with Gasteiger partial charge in [0.2, 0.25) is 5.91 Å². The van der Waals surface area contributed by atoms with Crippen LogP contribution in [-0.2, 0) is 18.3 Å². The standard InChI is InChI=1S/C20H25N3O2/c1-22-13-11-17(21-22)14-20(25)23-12-7-3-6-10-18(23)15-19(24)16-8-4-2-5-9-16/h2,4-5,8-9,11,13,18H,3,6-7,10,12,14-15H2,1H3. The van der Waals surface area contributed by atoms with E-state index in [9.17, 15) is 9.59 Å². The Morgan fingerprint density at radius 2 is 1.92 bits per heavy atom. The number of hydrogen-bond donors (Lipinski definition) is 0. The predicted octanol–water partition coefficient (Wildman–Crippen LogP) is 3.01. The van der Waals surface area contributed by atoms with Gasteiger partial charge >= 0.3 is 0 Å². The van der Waals surface area contributed by atoms with Crippen LogP contribution in [0.25, 0.3) is 0 Å². The van der Waals surface area contributed by atoms with Gasteiger partial charge in [0.25, 0.3) is 0 Å². The third kappa shape index (κ3) is 4.56. The van der Waals surface area contributed by atoms with E-state index in [1.165, 1.54) is 0 Å². The van der Waals surface area contributed by atoms with Crippen LogP contribution in [0, 0.1) is 0 Å². The zero-order valence-electron chi connectivity index (χ0n) is 14.7. The molecule has 0 spiro atoms. The minimum atomic E-state index is -0.00795. The number of carbonyl (C=O) groups is 2. The fraction of sp³-hybridized carbons (Fsp3) is 0.450. The van der Waals surface area contributed by atoms with Crippen LogP contribution in [0.4, 0.5) is 0 Å². The summed E-state index contributed by atoms with van der Waals surface area (Å²) in [7, 11) is 1.85. The van der Waals surface area contributed by atoms with Gasteiger partial charge in [-0.15, -0.1) is 0 Å². The zero-order valence-corrected chi connectivity index (χ0v) is 14.7. The molecule has 1 aromatic carbocycles. The summed E-state index contributed by atoms with van der Waals surface area (Å²) in [4.78, 5) is 27.3. The van der Waals surface area contributed by atoms with Crippen molar-refractivity contribution in [3.05, 3.63) is 53.9 Å². The molecule has 1 aliphatic rings. The van der Waals surface area contributed by atoms with E-state index < -0.39 is 0 Å². The molecular formula is C20H25N3O2. The molecule has 0 radical (unpaired) electrons. The highest BCUT2D eigenvalue weighted by Crippen LogP contribution is 2.22. The van der Waals surface area contributed by atoms with E-state index in [1.54, 1.807) is 4.68 Å². The van der Waals surface area contributed by atoms with Gasteiger partial charge in [0.1, 0.15) is 0 Å². The first-order valence-corrected chi connectivity index (χ1v) is 9.00. The molecule has 0 aliphatic carbocycles. The average Bonchev–Trinajstić information content (AvgIpc) is 2.88. The Hall–Kier alpha value is -2.43. The molecule has 25 heavy (non-hydrogen) atoms. The smallest absolute Gasteiger partial charge is 0.228 e. The van der Waals surface area contributed by atoms with Crippen molar-refractivity contribution in [1.29, 1.82) is 0 Å². The van der Waals surface area contributed by atoms with Crippen LogP contribution in [0.2, 0.25) is 0 Å². The first-order valence-electron chi connectivity index (χ1n) is 9.00. The third-order valence-electron chi connectivity index (χ3n) is 4.82. The van der Waals surface area contributed by atoms with Crippen molar-refractivity contribution in [2.24, 2.45) is 7.05 Å². The molecule has 1 aromatic heterocycles. The molecule has 1 fully saturated rings. The van der Waals surface area contributed by atoms with E-state index in [4.69, 9.17) is 0 Å². The molecule has 3 rings (SSSR count). The first kappa shape index (κ1) is 17.4. The highest BCUT2D eigenvalue weighted by atomic mass is 16.2.